The maximum atomic E-state index is 9.01. The lowest BCUT2D eigenvalue weighted by molar-refractivity contribution is 0.284. The van der Waals surface area contributed by atoms with Crippen LogP contribution in [0.25, 0.3) is 10.7 Å². The van der Waals surface area contributed by atoms with Crippen LogP contribution in [0.15, 0.2) is 18.6 Å². The molecule has 0 aliphatic rings. The van der Waals surface area contributed by atoms with Crippen LogP contribution in [-0.2, 0) is 6.61 Å². The number of aliphatic hydroxyl groups is 1. The number of nitrogens with zero attached hydrogens (tertiary/aromatic N) is 3. The summed E-state index contributed by atoms with van der Waals surface area (Å²) in [5, 5.41) is 9.82. The van der Waals surface area contributed by atoms with Gasteiger partial charge in [-0.2, -0.15) is 0 Å². The van der Waals surface area contributed by atoms with Crippen LogP contribution in [0.2, 0.25) is 0 Å². The molecule has 0 fully saturated rings. The fraction of sp³-hybridized carbons (Fsp3) is 0.222. The Bertz CT molecular complexity index is 427. The highest BCUT2D eigenvalue weighted by Crippen LogP contribution is 2.25. The van der Waals surface area contributed by atoms with Gasteiger partial charge in [-0.15, -0.1) is 11.3 Å². The minimum absolute atomic E-state index is 0.0315. The first-order chi connectivity index (χ1) is 6.81. The minimum atomic E-state index is 0.0315. The Morgan fingerprint density at radius 3 is 2.86 bits per heavy atom. The highest BCUT2D eigenvalue weighted by Gasteiger charge is 2.08. The van der Waals surface area contributed by atoms with Gasteiger partial charge in [0.25, 0.3) is 0 Å². The van der Waals surface area contributed by atoms with E-state index in [1.165, 1.54) is 11.3 Å². The van der Waals surface area contributed by atoms with Crippen molar-refractivity contribution < 1.29 is 5.11 Å². The van der Waals surface area contributed by atoms with Crippen molar-refractivity contribution in [2.24, 2.45) is 0 Å². The standard InChI is InChI=1S/C9H9N3OS/c1-6-8(5-13)14-9(12-6)7-4-10-2-3-11-7/h2-4,13H,5H2,1H3. The van der Waals surface area contributed by atoms with Gasteiger partial charge in [0.1, 0.15) is 10.7 Å². The summed E-state index contributed by atoms with van der Waals surface area (Å²) in [7, 11) is 0. The molecule has 0 radical (unpaired) electrons. The smallest absolute Gasteiger partial charge is 0.144 e. The zero-order valence-corrected chi connectivity index (χ0v) is 8.45. The fourth-order valence-electron chi connectivity index (χ4n) is 1.09. The second-order valence-electron chi connectivity index (χ2n) is 2.78. The van der Waals surface area contributed by atoms with E-state index < -0.39 is 0 Å². The van der Waals surface area contributed by atoms with Crippen LogP contribution in [0.4, 0.5) is 0 Å². The van der Waals surface area contributed by atoms with Gasteiger partial charge in [-0.3, -0.25) is 9.97 Å². The molecule has 2 heterocycles. The Hall–Kier alpha value is -1.33. The molecule has 0 aliphatic heterocycles. The Kier molecular flexibility index (Phi) is 2.51. The monoisotopic (exact) mass is 207 g/mol. The first-order valence-corrected chi connectivity index (χ1v) is 4.96. The van der Waals surface area contributed by atoms with Gasteiger partial charge >= 0.3 is 0 Å². The molecule has 4 nitrogen and oxygen atoms in total. The van der Waals surface area contributed by atoms with Crippen molar-refractivity contribution in [2.75, 3.05) is 0 Å². The third-order valence-electron chi connectivity index (χ3n) is 1.82. The average Bonchev–Trinajstić information content (AvgIpc) is 2.61. The summed E-state index contributed by atoms with van der Waals surface area (Å²) in [6.07, 6.45) is 4.92. The zero-order valence-electron chi connectivity index (χ0n) is 7.64. The van der Waals surface area contributed by atoms with E-state index in [2.05, 4.69) is 15.0 Å². The summed E-state index contributed by atoms with van der Waals surface area (Å²) >= 11 is 1.45. The Balaban J connectivity index is 2.43. The molecular weight excluding hydrogens is 198 g/mol. The largest absolute Gasteiger partial charge is 0.391 e. The van der Waals surface area contributed by atoms with Crippen molar-refractivity contribution in [1.82, 2.24) is 15.0 Å². The summed E-state index contributed by atoms with van der Waals surface area (Å²) in [6.45, 7) is 1.91. The number of hydrogen-bond donors (Lipinski definition) is 1. The van der Waals surface area contributed by atoms with Gasteiger partial charge in [-0.25, -0.2) is 4.98 Å². The molecular formula is C9H9N3OS. The summed E-state index contributed by atoms with van der Waals surface area (Å²) in [4.78, 5) is 13.3. The van der Waals surface area contributed by atoms with Crippen molar-refractivity contribution in [1.29, 1.82) is 0 Å². The molecule has 0 amide bonds. The first kappa shape index (κ1) is 9.23. The first-order valence-electron chi connectivity index (χ1n) is 4.15. The second-order valence-corrected chi connectivity index (χ2v) is 3.86. The number of rotatable bonds is 2. The Morgan fingerprint density at radius 2 is 2.29 bits per heavy atom. The molecule has 0 atom stereocenters. The van der Waals surface area contributed by atoms with E-state index >= 15 is 0 Å². The maximum absolute atomic E-state index is 9.01. The van der Waals surface area contributed by atoms with Crippen LogP contribution in [0.5, 0.6) is 0 Å². The van der Waals surface area contributed by atoms with Gasteiger partial charge in [0.2, 0.25) is 0 Å². The molecule has 0 aromatic carbocycles. The predicted octanol–water partition coefficient (Wildman–Crippen LogP) is 1.40. The van der Waals surface area contributed by atoms with Gasteiger partial charge in [0.15, 0.2) is 0 Å². The minimum Gasteiger partial charge on any atom is -0.391 e. The van der Waals surface area contributed by atoms with Crippen molar-refractivity contribution in [2.45, 2.75) is 13.5 Å². The topological polar surface area (TPSA) is 58.9 Å². The SMILES string of the molecule is Cc1nc(-c2cnccn2)sc1CO. The molecule has 0 saturated heterocycles. The molecule has 2 rings (SSSR count). The Labute approximate surface area is 85.3 Å². The summed E-state index contributed by atoms with van der Waals surface area (Å²) < 4.78 is 0. The van der Waals surface area contributed by atoms with E-state index in [1.54, 1.807) is 18.6 Å². The predicted molar refractivity (Wildman–Crippen MR) is 53.8 cm³/mol. The molecule has 72 valence electrons. The highest BCUT2D eigenvalue weighted by atomic mass is 32.1. The second kappa shape index (κ2) is 3.81. The van der Waals surface area contributed by atoms with E-state index in [9.17, 15) is 0 Å². The van der Waals surface area contributed by atoms with Gasteiger partial charge in [0.05, 0.1) is 23.4 Å². The van der Waals surface area contributed by atoms with Crippen molar-refractivity contribution in [3.05, 3.63) is 29.2 Å². The number of aromatic nitrogens is 3. The van der Waals surface area contributed by atoms with Crippen LogP contribution in [0.1, 0.15) is 10.6 Å². The highest BCUT2D eigenvalue weighted by molar-refractivity contribution is 7.15. The molecule has 1 N–H and O–H groups in total. The van der Waals surface area contributed by atoms with Crippen LogP contribution in [0, 0.1) is 6.92 Å². The van der Waals surface area contributed by atoms with Gasteiger partial charge in [-0.05, 0) is 6.92 Å². The molecule has 0 aliphatic carbocycles. The molecule has 0 unspecified atom stereocenters. The van der Waals surface area contributed by atoms with Crippen LogP contribution in [0.3, 0.4) is 0 Å². The fourth-order valence-corrected chi connectivity index (χ4v) is 1.98. The summed E-state index contributed by atoms with van der Waals surface area (Å²) in [5.41, 5.74) is 1.61. The summed E-state index contributed by atoms with van der Waals surface area (Å²) in [6, 6.07) is 0. The molecule has 2 aromatic heterocycles. The van der Waals surface area contributed by atoms with Gasteiger partial charge in [0, 0.05) is 12.4 Å². The third-order valence-corrected chi connectivity index (χ3v) is 2.98. The molecule has 5 heteroatoms. The summed E-state index contributed by atoms with van der Waals surface area (Å²) in [5.74, 6) is 0. The number of aliphatic hydroxyl groups excluding tert-OH is 1. The van der Waals surface area contributed by atoms with Gasteiger partial charge < -0.3 is 5.11 Å². The van der Waals surface area contributed by atoms with E-state index in [4.69, 9.17) is 5.11 Å². The molecule has 0 spiro atoms. The number of aryl methyl sites for hydroxylation is 1. The average molecular weight is 207 g/mol. The van der Waals surface area contributed by atoms with E-state index in [-0.39, 0.29) is 6.61 Å². The molecule has 0 saturated carbocycles. The molecule has 14 heavy (non-hydrogen) atoms. The van der Waals surface area contributed by atoms with Crippen molar-refractivity contribution >= 4 is 11.3 Å². The van der Waals surface area contributed by atoms with Crippen LogP contribution < -0.4 is 0 Å². The van der Waals surface area contributed by atoms with Crippen molar-refractivity contribution in [3.8, 4) is 10.7 Å². The quantitative estimate of drug-likeness (QED) is 0.808. The van der Waals surface area contributed by atoms with Crippen LogP contribution in [-0.4, -0.2) is 20.1 Å². The lowest BCUT2D eigenvalue weighted by atomic mass is 10.4. The third kappa shape index (κ3) is 1.64. The zero-order chi connectivity index (χ0) is 9.97. The van der Waals surface area contributed by atoms with E-state index in [0.717, 1.165) is 21.3 Å². The number of hydrogen-bond acceptors (Lipinski definition) is 5. The van der Waals surface area contributed by atoms with Gasteiger partial charge in [-0.1, -0.05) is 0 Å². The molecule has 2 aromatic rings. The number of thiazole rings is 1. The van der Waals surface area contributed by atoms with E-state index in [0.29, 0.717) is 0 Å². The van der Waals surface area contributed by atoms with E-state index in [1.807, 2.05) is 6.92 Å². The Morgan fingerprint density at radius 1 is 1.43 bits per heavy atom. The van der Waals surface area contributed by atoms with Crippen molar-refractivity contribution in [3.63, 3.8) is 0 Å². The van der Waals surface area contributed by atoms with Crippen LogP contribution >= 0.6 is 11.3 Å². The maximum Gasteiger partial charge on any atom is 0.144 e. The lowest BCUT2D eigenvalue weighted by Gasteiger charge is -1.90. The molecule has 0 bridgehead atoms. The lowest BCUT2D eigenvalue weighted by Crippen LogP contribution is -1.83. The normalized spacial score (nSPS) is 10.4.